The average Bonchev–Trinajstić information content (AvgIpc) is 2.73. The average molecular weight is 326 g/mol. The van der Waals surface area contributed by atoms with Gasteiger partial charge in [-0.3, -0.25) is 9.59 Å². The summed E-state index contributed by atoms with van der Waals surface area (Å²) in [6.07, 6.45) is 0.522. The third kappa shape index (κ3) is 5.28. The van der Waals surface area contributed by atoms with Crippen LogP contribution < -0.4 is 5.32 Å². The van der Waals surface area contributed by atoms with Crippen LogP contribution in [-0.2, 0) is 16.0 Å². The number of aliphatic carboxylic acids is 1. The Balaban J connectivity index is 1.90. The summed E-state index contributed by atoms with van der Waals surface area (Å²) in [7, 11) is 0. The Bertz CT molecular complexity index is 580. The summed E-state index contributed by atoms with van der Waals surface area (Å²) in [6, 6.07) is 3.61. The van der Waals surface area contributed by atoms with E-state index in [-0.39, 0.29) is 24.7 Å². The number of carbonyl (C=O) groups is 2. The van der Waals surface area contributed by atoms with E-state index in [9.17, 15) is 18.4 Å². The van der Waals surface area contributed by atoms with Crippen molar-refractivity contribution in [1.29, 1.82) is 0 Å². The van der Waals surface area contributed by atoms with E-state index >= 15 is 0 Å². The third-order valence-corrected chi connectivity index (χ3v) is 3.90. The van der Waals surface area contributed by atoms with Crippen LogP contribution in [0.2, 0.25) is 0 Å². The van der Waals surface area contributed by atoms with Crippen LogP contribution in [-0.4, -0.2) is 48.1 Å². The standard InChI is InChI=1S/C16H20F2N2O3/c17-13-3-1-11(7-14(13)18)2-4-15(21)20-6-5-19-9-12(10-20)8-16(22)23/h1,3,7,12,19H,2,4-6,8-10H2,(H,22,23). The number of carbonyl (C=O) groups excluding carboxylic acids is 1. The molecule has 7 heteroatoms. The SMILES string of the molecule is O=C(O)CC1CNCCN(C(=O)CCc2ccc(F)c(F)c2)C1. The maximum atomic E-state index is 13.2. The predicted octanol–water partition coefficient (Wildman–Crippen LogP) is 1.42. The van der Waals surface area contributed by atoms with Gasteiger partial charge < -0.3 is 15.3 Å². The fourth-order valence-corrected chi connectivity index (χ4v) is 2.70. The van der Waals surface area contributed by atoms with Crippen molar-refractivity contribution in [2.75, 3.05) is 26.2 Å². The topological polar surface area (TPSA) is 69.6 Å². The quantitative estimate of drug-likeness (QED) is 0.859. The van der Waals surface area contributed by atoms with Gasteiger partial charge in [0.2, 0.25) is 5.91 Å². The second-order valence-corrected chi connectivity index (χ2v) is 5.76. The van der Waals surface area contributed by atoms with E-state index in [0.717, 1.165) is 12.1 Å². The number of carboxylic acid groups (broad SMARTS) is 1. The minimum Gasteiger partial charge on any atom is -0.481 e. The van der Waals surface area contributed by atoms with Gasteiger partial charge in [0, 0.05) is 32.6 Å². The number of halogens is 2. The first-order chi connectivity index (χ1) is 11.0. The van der Waals surface area contributed by atoms with Gasteiger partial charge in [-0.25, -0.2) is 8.78 Å². The van der Waals surface area contributed by atoms with Crippen LogP contribution in [0.25, 0.3) is 0 Å². The second-order valence-electron chi connectivity index (χ2n) is 5.76. The van der Waals surface area contributed by atoms with Crippen LogP contribution in [0.1, 0.15) is 18.4 Å². The zero-order valence-corrected chi connectivity index (χ0v) is 12.7. The fourth-order valence-electron chi connectivity index (χ4n) is 2.70. The molecule has 0 aromatic heterocycles. The molecule has 0 spiro atoms. The third-order valence-electron chi connectivity index (χ3n) is 3.90. The smallest absolute Gasteiger partial charge is 0.303 e. The van der Waals surface area contributed by atoms with E-state index in [1.165, 1.54) is 6.07 Å². The highest BCUT2D eigenvalue weighted by molar-refractivity contribution is 5.76. The molecule has 1 aliphatic heterocycles. The number of benzene rings is 1. The molecule has 1 heterocycles. The van der Waals surface area contributed by atoms with Gasteiger partial charge in [-0.05, 0) is 30.0 Å². The molecule has 0 bridgehead atoms. The minimum atomic E-state index is -0.921. The van der Waals surface area contributed by atoms with Crippen molar-refractivity contribution >= 4 is 11.9 Å². The van der Waals surface area contributed by atoms with Gasteiger partial charge in [0.15, 0.2) is 11.6 Å². The molecule has 1 aromatic carbocycles. The first-order valence-corrected chi connectivity index (χ1v) is 7.60. The summed E-state index contributed by atoms with van der Waals surface area (Å²) < 4.78 is 26.0. The number of hydrogen-bond acceptors (Lipinski definition) is 3. The monoisotopic (exact) mass is 326 g/mol. The molecule has 1 fully saturated rings. The van der Waals surface area contributed by atoms with Crippen molar-refractivity contribution in [2.24, 2.45) is 5.92 Å². The Morgan fingerprint density at radius 3 is 2.78 bits per heavy atom. The van der Waals surface area contributed by atoms with Crippen molar-refractivity contribution in [3.63, 3.8) is 0 Å². The summed E-state index contributed by atoms with van der Waals surface area (Å²) in [5.41, 5.74) is 0.562. The van der Waals surface area contributed by atoms with Gasteiger partial charge in [0.25, 0.3) is 0 Å². The van der Waals surface area contributed by atoms with Crippen molar-refractivity contribution in [3.05, 3.63) is 35.4 Å². The molecular formula is C16H20F2N2O3. The number of hydrogen-bond donors (Lipinski definition) is 2. The van der Waals surface area contributed by atoms with Crippen LogP contribution in [0.4, 0.5) is 8.78 Å². The van der Waals surface area contributed by atoms with Gasteiger partial charge in [0.1, 0.15) is 0 Å². The first-order valence-electron chi connectivity index (χ1n) is 7.60. The summed E-state index contributed by atoms with van der Waals surface area (Å²) >= 11 is 0. The minimum absolute atomic E-state index is 0.0138. The highest BCUT2D eigenvalue weighted by Gasteiger charge is 2.23. The maximum absolute atomic E-state index is 13.2. The Kier molecular flexibility index (Phi) is 6.04. The lowest BCUT2D eigenvalue weighted by atomic mass is 10.0. The fraction of sp³-hybridized carbons (Fsp3) is 0.500. The number of nitrogens with zero attached hydrogens (tertiary/aromatic N) is 1. The molecule has 1 saturated heterocycles. The summed E-state index contributed by atoms with van der Waals surface area (Å²) in [6.45, 7) is 2.11. The molecule has 126 valence electrons. The first kappa shape index (κ1) is 17.3. The molecule has 1 aromatic rings. The predicted molar refractivity (Wildman–Crippen MR) is 79.9 cm³/mol. The van der Waals surface area contributed by atoms with Crippen molar-refractivity contribution in [1.82, 2.24) is 10.2 Å². The van der Waals surface area contributed by atoms with Gasteiger partial charge in [-0.2, -0.15) is 0 Å². The van der Waals surface area contributed by atoms with Crippen molar-refractivity contribution in [3.8, 4) is 0 Å². The number of aryl methyl sites for hydroxylation is 1. The molecule has 1 atom stereocenters. The van der Waals surface area contributed by atoms with E-state index in [1.807, 2.05) is 0 Å². The van der Waals surface area contributed by atoms with E-state index in [4.69, 9.17) is 5.11 Å². The molecule has 1 aliphatic rings. The van der Waals surface area contributed by atoms with E-state index in [2.05, 4.69) is 5.32 Å². The van der Waals surface area contributed by atoms with Crippen molar-refractivity contribution < 1.29 is 23.5 Å². The molecule has 0 radical (unpaired) electrons. The van der Waals surface area contributed by atoms with Gasteiger partial charge in [0.05, 0.1) is 6.42 Å². The number of amides is 1. The Hall–Kier alpha value is -2.02. The molecule has 1 unspecified atom stereocenters. The number of carboxylic acids is 1. The number of nitrogens with one attached hydrogen (secondary N) is 1. The Morgan fingerprint density at radius 2 is 2.09 bits per heavy atom. The highest BCUT2D eigenvalue weighted by atomic mass is 19.2. The Labute approximate surface area is 133 Å². The summed E-state index contributed by atoms with van der Waals surface area (Å²) in [4.78, 5) is 24.8. The summed E-state index contributed by atoms with van der Waals surface area (Å²) in [5, 5.41) is 12.0. The van der Waals surface area contributed by atoms with E-state index < -0.39 is 17.6 Å². The Morgan fingerprint density at radius 1 is 1.30 bits per heavy atom. The maximum Gasteiger partial charge on any atom is 0.303 e. The molecule has 5 nitrogen and oxygen atoms in total. The van der Waals surface area contributed by atoms with Crippen molar-refractivity contribution in [2.45, 2.75) is 19.3 Å². The van der Waals surface area contributed by atoms with Gasteiger partial charge >= 0.3 is 5.97 Å². The molecule has 2 N–H and O–H groups in total. The van der Waals surface area contributed by atoms with E-state index in [1.54, 1.807) is 4.90 Å². The molecular weight excluding hydrogens is 306 g/mol. The van der Waals surface area contributed by atoms with Crippen LogP contribution in [0.15, 0.2) is 18.2 Å². The molecule has 23 heavy (non-hydrogen) atoms. The van der Waals surface area contributed by atoms with Gasteiger partial charge in [-0.15, -0.1) is 0 Å². The molecule has 2 rings (SSSR count). The largest absolute Gasteiger partial charge is 0.481 e. The zero-order chi connectivity index (χ0) is 16.8. The lowest BCUT2D eigenvalue weighted by Gasteiger charge is -2.23. The van der Waals surface area contributed by atoms with Crippen LogP contribution in [0.5, 0.6) is 0 Å². The molecule has 0 aliphatic carbocycles. The highest BCUT2D eigenvalue weighted by Crippen LogP contribution is 2.13. The lowest BCUT2D eigenvalue weighted by molar-refractivity contribution is -0.139. The second kappa shape index (κ2) is 8.01. The van der Waals surface area contributed by atoms with Crippen LogP contribution >= 0.6 is 0 Å². The molecule has 1 amide bonds. The van der Waals surface area contributed by atoms with Gasteiger partial charge in [-0.1, -0.05) is 6.07 Å². The molecule has 0 saturated carbocycles. The number of rotatable bonds is 5. The zero-order valence-electron chi connectivity index (χ0n) is 12.7. The van der Waals surface area contributed by atoms with Crippen LogP contribution in [0, 0.1) is 17.6 Å². The summed E-state index contributed by atoms with van der Waals surface area (Å²) in [5.74, 6) is -2.94. The van der Waals surface area contributed by atoms with E-state index in [0.29, 0.717) is 38.2 Å². The lowest BCUT2D eigenvalue weighted by Crippen LogP contribution is -2.36. The normalized spacial score (nSPS) is 18.5. The van der Waals surface area contributed by atoms with Crippen LogP contribution in [0.3, 0.4) is 0 Å².